The van der Waals surface area contributed by atoms with Gasteiger partial charge in [-0.25, -0.2) is 4.39 Å². The molecule has 0 unspecified atom stereocenters. The Morgan fingerprint density at radius 3 is 2.48 bits per heavy atom. The van der Waals surface area contributed by atoms with Gasteiger partial charge >= 0.3 is 5.97 Å². The highest BCUT2D eigenvalue weighted by Crippen LogP contribution is 2.45. The molecule has 3 fully saturated rings. The van der Waals surface area contributed by atoms with Gasteiger partial charge in [-0.05, 0) is 25.0 Å². The van der Waals surface area contributed by atoms with E-state index >= 15 is 0 Å². The average Bonchev–Trinajstić information content (AvgIpc) is 3.28. The lowest BCUT2D eigenvalue weighted by atomic mass is 9.81. The van der Waals surface area contributed by atoms with E-state index in [1.807, 2.05) is 0 Å². The van der Waals surface area contributed by atoms with Crippen molar-refractivity contribution in [3.63, 3.8) is 0 Å². The fraction of sp³-hybridized carbons (Fsp3) is 0.579. The number of likely N-dealkylation sites (tertiary alicyclic amines) is 2. The van der Waals surface area contributed by atoms with E-state index in [1.54, 1.807) is 12.1 Å². The van der Waals surface area contributed by atoms with E-state index in [2.05, 4.69) is 4.90 Å². The normalized spacial score (nSPS) is 30.0. The highest BCUT2D eigenvalue weighted by atomic mass is 19.1. The van der Waals surface area contributed by atoms with Crippen molar-refractivity contribution in [3.05, 3.63) is 35.6 Å². The van der Waals surface area contributed by atoms with Crippen LogP contribution in [0.2, 0.25) is 0 Å². The number of hydrogen-bond acceptors (Lipinski definition) is 3. The summed E-state index contributed by atoms with van der Waals surface area (Å²) in [5.41, 5.74) is -0.889. The molecule has 5 nitrogen and oxygen atoms in total. The number of carboxylic acids is 1. The molecule has 0 spiro atoms. The Balaban J connectivity index is 1.54. The zero-order chi connectivity index (χ0) is 17.6. The lowest BCUT2D eigenvalue weighted by Gasteiger charge is -2.28. The Bertz CT molecular complexity index is 704. The molecule has 1 N–H and O–H groups in total. The Kier molecular flexibility index (Phi) is 4.02. The zero-order valence-electron chi connectivity index (χ0n) is 14.2. The standard InChI is InChI=1S/C19H23FN2O3/c20-16-8-4-3-7-15(16)17(23)22-10-13-9-21(14-5-1-2-6-14)11-19(13,12-22)18(24)25/h3-4,7-8,13-14H,1-2,5-6,9-12H2,(H,24,25)/t13-,19-/m1/s1. The lowest BCUT2D eigenvalue weighted by Crippen LogP contribution is -2.43. The van der Waals surface area contributed by atoms with Gasteiger partial charge in [0.05, 0.1) is 5.56 Å². The third kappa shape index (κ3) is 2.63. The van der Waals surface area contributed by atoms with Crippen molar-refractivity contribution in [2.45, 2.75) is 31.7 Å². The molecule has 2 saturated heterocycles. The number of carbonyl (C=O) groups excluding carboxylic acids is 1. The average molecular weight is 346 g/mol. The van der Waals surface area contributed by atoms with Crippen LogP contribution in [-0.2, 0) is 4.79 Å². The van der Waals surface area contributed by atoms with Crippen molar-refractivity contribution in [1.82, 2.24) is 9.80 Å². The first kappa shape index (κ1) is 16.5. The molecule has 2 heterocycles. The molecule has 0 radical (unpaired) electrons. The molecule has 1 aromatic rings. The summed E-state index contributed by atoms with van der Waals surface area (Å²) in [6.07, 6.45) is 4.70. The molecule has 3 aliphatic rings. The van der Waals surface area contributed by atoms with Gasteiger partial charge in [0.25, 0.3) is 5.91 Å². The van der Waals surface area contributed by atoms with Crippen molar-refractivity contribution in [3.8, 4) is 0 Å². The van der Waals surface area contributed by atoms with E-state index in [-0.39, 0.29) is 18.0 Å². The number of benzene rings is 1. The Morgan fingerprint density at radius 1 is 1.12 bits per heavy atom. The number of nitrogens with zero attached hydrogens (tertiary/aromatic N) is 2. The quantitative estimate of drug-likeness (QED) is 0.912. The second-order valence-electron chi connectivity index (χ2n) is 7.69. The Morgan fingerprint density at radius 2 is 1.84 bits per heavy atom. The van der Waals surface area contributed by atoms with Gasteiger partial charge < -0.3 is 10.0 Å². The first-order chi connectivity index (χ1) is 12.0. The largest absolute Gasteiger partial charge is 0.481 e. The van der Waals surface area contributed by atoms with Crippen molar-refractivity contribution in [1.29, 1.82) is 0 Å². The summed E-state index contributed by atoms with van der Waals surface area (Å²) in [4.78, 5) is 28.6. The van der Waals surface area contributed by atoms with Crippen LogP contribution in [0.25, 0.3) is 0 Å². The summed E-state index contributed by atoms with van der Waals surface area (Å²) in [5.74, 6) is -1.87. The first-order valence-electron chi connectivity index (χ1n) is 9.02. The van der Waals surface area contributed by atoms with Crippen LogP contribution in [0.4, 0.5) is 4.39 Å². The van der Waals surface area contributed by atoms with Crippen LogP contribution in [0.3, 0.4) is 0 Å². The predicted molar refractivity (Wildman–Crippen MR) is 89.7 cm³/mol. The van der Waals surface area contributed by atoms with Crippen LogP contribution < -0.4 is 0 Å². The Hall–Kier alpha value is -1.95. The second-order valence-corrected chi connectivity index (χ2v) is 7.69. The number of hydrogen-bond donors (Lipinski definition) is 1. The van der Waals surface area contributed by atoms with E-state index in [9.17, 15) is 19.1 Å². The highest BCUT2D eigenvalue weighted by Gasteiger charge is 2.59. The van der Waals surface area contributed by atoms with Gasteiger partial charge in [0.15, 0.2) is 0 Å². The minimum atomic E-state index is -0.913. The van der Waals surface area contributed by atoms with Gasteiger partial charge in [-0.15, -0.1) is 0 Å². The van der Waals surface area contributed by atoms with Gasteiger partial charge in [0.1, 0.15) is 11.2 Å². The lowest BCUT2D eigenvalue weighted by molar-refractivity contribution is -0.148. The maximum atomic E-state index is 13.9. The molecular formula is C19H23FN2O3. The van der Waals surface area contributed by atoms with E-state index in [1.165, 1.54) is 29.9 Å². The van der Waals surface area contributed by atoms with Crippen LogP contribution in [0.1, 0.15) is 36.0 Å². The number of aliphatic carboxylic acids is 1. The molecule has 1 aromatic carbocycles. The van der Waals surface area contributed by atoms with Crippen LogP contribution in [0.5, 0.6) is 0 Å². The maximum Gasteiger partial charge on any atom is 0.313 e. The molecule has 0 bridgehead atoms. The van der Waals surface area contributed by atoms with Crippen LogP contribution in [0, 0.1) is 17.2 Å². The molecule has 2 aliphatic heterocycles. The van der Waals surface area contributed by atoms with Gasteiger partial charge in [0, 0.05) is 38.1 Å². The summed E-state index contributed by atoms with van der Waals surface area (Å²) < 4.78 is 13.9. The molecule has 4 rings (SSSR count). The minimum absolute atomic E-state index is 0.0238. The predicted octanol–water partition coefficient (Wildman–Crippen LogP) is 2.23. The first-order valence-corrected chi connectivity index (χ1v) is 9.02. The van der Waals surface area contributed by atoms with Crippen LogP contribution >= 0.6 is 0 Å². The van der Waals surface area contributed by atoms with E-state index in [0.717, 1.165) is 19.4 Å². The third-order valence-corrected chi connectivity index (χ3v) is 6.29. The zero-order valence-corrected chi connectivity index (χ0v) is 14.2. The molecule has 25 heavy (non-hydrogen) atoms. The van der Waals surface area contributed by atoms with Crippen molar-refractivity contribution >= 4 is 11.9 Å². The summed E-state index contributed by atoms with van der Waals surface area (Å²) in [6, 6.07) is 6.38. The summed E-state index contributed by atoms with van der Waals surface area (Å²) in [7, 11) is 0. The molecular weight excluding hydrogens is 323 g/mol. The highest BCUT2D eigenvalue weighted by molar-refractivity contribution is 5.95. The number of halogens is 1. The molecule has 0 aromatic heterocycles. The second kappa shape index (κ2) is 6.09. The maximum absolute atomic E-state index is 13.9. The van der Waals surface area contributed by atoms with Crippen molar-refractivity contribution in [2.24, 2.45) is 11.3 Å². The van der Waals surface area contributed by atoms with Gasteiger partial charge in [0.2, 0.25) is 0 Å². The smallest absolute Gasteiger partial charge is 0.313 e. The van der Waals surface area contributed by atoms with Crippen molar-refractivity contribution in [2.75, 3.05) is 26.2 Å². The SMILES string of the molecule is O=C(c1ccccc1F)N1C[C@H]2CN(C3CCCC3)C[C@@]2(C(=O)O)C1. The number of carbonyl (C=O) groups is 2. The van der Waals surface area contributed by atoms with Crippen LogP contribution in [-0.4, -0.2) is 59.0 Å². The molecule has 1 amide bonds. The molecule has 1 aliphatic carbocycles. The molecule has 1 saturated carbocycles. The van der Waals surface area contributed by atoms with Gasteiger partial charge in [-0.2, -0.15) is 0 Å². The van der Waals surface area contributed by atoms with E-state index in [4.69, 9.17) is 0 Å². The number of fused-ring (bicyclic) bond motifs is 1. The number of rotatable bonds is 3. The van der Waals surface area contributed by atoms with Gasteiger partial charge in [-0.3, -0.25) is 14.5 Å². The van der Waals surface area contributed by atoms with Crippen molar-refractivity contribution < 1.29 is 19.1 Å². The summed E-state index contributed by atoms with van der Waals surface area (Å²) in [6.45, 7) is 1.78. The third-order valence-electron chi connectivity index (χ3n) is 6.29. The molecule has 6 heteroatoms. The monoisotopic (exact) mass is 346 g/mol. The fourth-order valence-electron chi connectivity index (χ4n) is 4.91. The summed E-state index contributed by atoms with van der Waals surface area (Å²) >= 11 is 0. The minimum Gasteiger partial charge on any atom is -0.481 e. The molecule has 2 atom stereocenters. The van der Waals surface area contributed by atoms with Gasteiger partial charge in [-0.1, -0.05) is 25.0 Å². The topological polar surface area (TPSA) is 60.9 Å². The van der Waals surface area contributed by atoms with Crippen LogP contribution in [0.15, 0.2) is 24.3 Å². The fourth-order valence-corrected chi connectivity index (χ4v) is 4.91. The summed E-state index contributed by atoms with van der Waals surface area (Å²) in [5, 5.41) is 9.92. The molecule has 134 valence electrons. The number of amides is 1. The number of carboxylic acid groups (broad SMARTS) is 1. The Labute approximate surface area is 146 Å². The van der Waals surface area contributed by atoms with E-state index in [0.29, 0.717) is 19.1 Å². The van der Waals surface area contributed by atoms with E-state index < -0.39 is 23.1 Å².